The molecule has 0 spiro atoms. The van der Waals surface area contributed by atoms with Crippen molar-refractivity contribution in [2.24, 2.45) is 28.1 Å². The minimum Gasteiger partial charge on any atom is -0.393 e. The fourth-order valence-electron chi connectivity index (χ4n) is 6.54. The summed E-state index contributed by atoms with van der Waals surface area (Å²) in [6.45, 7) is 7.47. The molecule has 0 saturated heterocycles. The van der Waals surface area contributed by atoms with Gasteiger partial charge in [-0.1, -0.05) is 44.6 Å². The molecule has 3 saturated carbocycles. The van der Waals surface area contributed by atoms with Crippen LogP contribution in [0.1, 0.15) is 65.7 Å². The van der Waals surface area contributed by atoms with Gasteiger partial charge in [0.2, 0.25) is 0 Å². The van der Waals surface area contributed by atoms with E-state index in [2.05, 4.69) is 39.0 Å². The topological polar surface area (TPSA) is 20.2 Å². The summed E-state index contributed by atoms with van der Waals surface area (Å²) in [4.78, 5) is 0. The second-order valence-corrected chi connectivity index (χ2v) is 9.06. The first kappa shape index (κ1) is 14.1. The van der Waals surface area contributed by atoms with Gasteiger partial charge >= 0.3 is 0 Å². The number of aliphatic hydroxyl groups is 1. The highest BCUT2D eigenvalue weighted by Crippen LogP contribution is 2.68. The highest BCUT2D eigenvalue weighted by molar-refractivity contribution is 5.38. The number of allylic oxidation sites excluding steroid dienone is 4. The van der Waals surface area contributed by atoms with E-state index >= 15 is 0 Å². The molecule has 1 nitrogen and oxygen atoms in total. The van der Waals surface area contributed by atoms with Crippen LogP contribution in [0, 0.1) is 28.1 Å². The number of hydrogen-bond acceptors (Lipinski definition) is 1. The Labute approximate surface area is 129 Å². The highest BCUT2D eigenvalue weighted by Gasteiger charge is 2.59. The molecule has 4 unspecified atom stereocenters. The van der Waals surface area contributed by atoms with Crippen LogP contribution >= 0.6 is 0 Å². The Balaban J connectivity index is 1.71. The summed E-state index contributed by atoms with van der Waals surface area (Å²) in [5.74, 6) is 1.63. The standard InChI is InChI=1S/C20H30O/c1-18-9-4-5-16(18)15-7-11-19(2)13-14(21)6-12-20(19,3)17(15)8-10-18/h4-5,9,14-15,17,21H,6-8,10-13H2,1-3H3/t14?,15?,17-,18?,19-,20?/m0/s1. The first-order chi connectivity index (χ1) is 9.88. The van der Waals surface area contributed by atoms with Crippen LogP contribution in [0.15, 0.2) is 23.8 Å². The summed E-state index contributed by atoms with van der Waals surface area (Å²) in [5.41, 5.74) is 2.87. The zero-order valence-corrected chi connectivity index (χ0v) is 13.9. The Morgan fingerprint density at radius 2 is 1.86 bits per heavy atom. The molecule has 0 aliphatic heterocycles. The smallest absolute Gasteiger partial charge is 0.0545 e. The lowest BCUT2D eigenvalue weighted by atomic mass is 9.41. The average molecular weight is 286 g/mol. The van der Waals surface area contributed by atoms with Gasteiger partial charge in [-0.2, -0.15) is 0 Å². The molecule has 0 aromatic carbocycles. The SMILES string of the molecule is CC12C=CC=C1C1CC[C@@]3(C)CC(O)CCC3(C)[C@H]1CC2. The Morgan fingerprint density at radius 3 is 2.67 bits per heavy atom. The molecule has 0 bridgehead atoms. The van der Waals surface area contributed by atoms with Crippen LogP contribution in [-0.4, -0.2) is 11.2 Å². The predicted molar refractivity (Wildman–Crippen MR) is 86.8 cm³/mol. The summed E-state index contributed by atoms with van der Waals surface area (Å²) < 4.78 is 0. The summed E-state index contributed by atoms with van der Waals surface area (Å²) in [6.07, 6.45) is 15.7. The molecule has 4 rings (SSSR count). The van der Waals surface area contributed by atoms with Gasteiger partial charge in [0.1, 0.15) is 0 Å². The highest BCUT2D eigenvalue weighted by atomic mass is 16.3. The van der Waals surface area contributed by atoms with Crippen LogP contribution in [0.5, 0.6) is 0 Å². The molecular weight excluding hydrogens is 256 g/mol. The van der Waals surface area contributed by atoms with E-state index in [0.717, 1.165) is 24.7 Å². The molecule has 4 aliphatic carbocycles. The van der Waals surface area contributed by atoms with Gasteiger partial charge < -0.3 is 5.11 Å². The fraction of sp³-hybridized carbons (Fsp3) is 0.800. The molecule has 4 aliphatic rings. The summed E-state index contributed by atoms with van der Waals surface area (Å²) in [7, 11) is 0. The Hall–Kier alpha value is -0.560. The lowest BCUT2D eigenvalue weighted by molar-refractivity contribution is -0.136. The fourth-order valence-corrected chi connectivity index (χ4v) is 6.54. The molecule has 6 atom stereocenters. The molecule has 21 heavy (non-hydrogen) atoms. The largest absolute Gasteiger partial charge is 0.393 e. The molecule has 116 valence electrons. The van der Waals surface area contributed by atoms with Gasteiger partial charge in [-0.05, 0) is 67.6 Å². The average Bonchev–Trinajstić information content (AvgIpc) is 2.82. The predicted octanol–water partition coefficient (Wildman–Crippen LogP) is 4.87. The molecule has 0 radical (unpaired) electrons. The van der Waals surface area contributed by atoms with E-state index in [1.165, 1.54) is 32.1 Å². The van der Waals surface area contributed by atoms with Crippen molar-refractivity contribution in [3.05, 3.63) is 23.8 Å². The first-order valence-corrected chi connectivity index (χ1v) is 8.96. The third-order valence-corrected chi connectivity index (χ3v) is 8.15. The van der Waals surface area contributed by atoms with Crippen LogP contribution in [-0.2, 0) is 0 Å². The Kier molecular flexibility index (Phi) is 2.85. The van der Waals surface area contributed by atoms with Crippen LogP contribution in [0.4, 0.5) is 0 Å². The van der Waals surface area contributed by atoms with Crippen molar-refractivity contribution >= 4 is 0 Å². The minimum absolute atomic E-state index is 0.0548. The lowest BCUT2D eigenvalue weighted by Gasteiger charge is -2.63. The molecule has 1 N–H and O–H groups in total. The summed E-state index contributed by atoms with van der Waals surface area (Å²) in [6, 6.07) is 0. The quantitative estimate of drug-likeness (QED) is 0.674. The molecule has 0 aromatic rings. The van der Waals surface area contributed by atoms with E-state index in [9.17, 15) is 5.11 Å². The van der Waals surface area contributed by atoms with Crippen LogP contribution in [0.3, 0.4) is 0 Å². The second-order valence-electron chi connectivity index (χ2n) is 9.06. The van der Waals surface area contributed by atoms with Gasteiger partial charge in [0, 0.05) is 5.41 Å². The van der Waals surface area contributed by atoms with Crippen molar-refractivity contribution in [1.29, 1.82) is 0 Å². The van der Waals surface area contributed by atoms with Gasteiger partial charge in [0.05, 0.1) is 6.10 Å². The second kappa shape index (κ2) is 4.25. The van der Waals surface area contributed by atoms with Gasteiger partial charge in [-0.25, -0.2) is 0 Å². The summed E-state index contributed by atoms with van der Waals surface area (Å²) >= 11 is 0. The van der Waals surface area contributed by atoms with Gasteiger partial charge in [-0.3, -0.25) is 0 Å². The number of hydrogen-bond donors (Lipinski definition) is 1. The maximum atomic E-state index is 10.2. The monoisotopic (exact) mass is 286 g/mol. The van der Waals surface area contributed by atoms with Gasteiger partial charge in [-0.15, -0.1) is 0 Å². The minimum atomic E-state index is -0.0548. The number of fused-ring (bicyclic) bond motifs is 5. The summed E-state index contributed by atoms with van der Waals surface area (Å²) in [5, 5.41) is 10.2. The zero-order chi connectivity index (χ0) is 14.9. The first-order valence-electron chi connectivity index (χ1n) is 8.96. The number of aliphatic hydroxyl groups excluding tert-OH is 1. The van der Waals surface area contributed by atoms with Crippen molar-refractivity contribution in [2.75, 3.05) is 0 Å². The van der Waals surface area contributed by atoms with Gasteiger partial charge in [0.15, 0.2) is 0 Å². The Morgan fingerprint density at radius 1 is 1.05 bits per heavy atom. The molecule has 0 amide bonds. The van der Waals surface area contributed by atoms with E-state index in [1.807, 2.05) is 0 Å². The van der Waals surface area contributed by atoms with Crippen molar-refractivity contribution < 1.29 is 5.11 Å². The van der Waals surface area contributed by atoms with Gasteiger partial charge in [0.25, 0.3) is 0 Å². The van der Waals surface area contributed by atoms with E-state index in [-0.39, 0.29) is 6.10 Å². The number of rotatable bonds is 0. The van der Waals surface area contributed by atoms with Crippen LogP contribution in [0.25, 0.3) is 0 Å². The van der Waals surface area contributed by atoms with E-state index in [1.54, 1.807) is 5.57 Å². The van der Waals surface area contributed by atoms with Crippen molar-refractivity contribution in [1.82, 2.24) is 0 Å². The third-order valence-electron chi connectivity index (χ3n) is 8.15. The van der Waals surface area contributed by atoms with Crippen molar-refractivity contribution in [2.45, 2.75) is 71.8 Å². The molecule has 0 aromatic heterocycles. The van der Waals surface area contributed by atoms with Crippen molar-refractivity contribution in [3.63, 3.8) is 0 Å². The maximum Gasteiger partial charge on any atom is 0.0545 e. The lowest BCUT2D eigenvalue weighted by Crippen LogP contribution is -2.56. The maximum absolute atomic E-state index is 10.2. The zero-order valence-electron chi connectivity index (χ0n) is 13.9. The van der Waals surface area contributed by atoms with Crippen molar-refractivity contribution in [3.8, 4) is 0 Å². The van der Waals surface area contributed by atoms with E-state index in [4.69, 9.17) is 0 Å². The van der Waals surface area contributed by atoms with Crippen LogP contribution < -0.4 is 0 Å². The molecule has 1 heteroatoms. The van der Waals surface area contributed by atoms with E-state index in [0.29, 0.717) is 16.2 Å². The van der Waals surface area contributed by atoms with E-state index < -0.39 is 0 Å². The molecule has 0 heterocycles. The molecule has 3 fully saturated rings. The third kappa shape index (κ3) is 1.73. The normalized spacial score (nSPS) is 55.4. The van der Waals surface area contributed by atoms with Crippen LogP contribution in [0.2, 0.25) is 0 Å². The Bertz CT molecular complexity index is 518. The molecular formula is C20H30O.